The fourth-order valence-corrected chi connectivity index (χ4v) is 3.10. The summed E-state index contributed by atoms with van der Waals surface area (Å²) >= 11 is 0. The van der Waals surface area contributed by atoms with E-state index >= 15 is 0 Å². The fraction of sp³-hybridized carbons (Fsp3) is 0.143. The van der Waals surface area contributed by atoms with E-state index in [1.54, 1.807) is 0 Å². The van der Waals surface area contributed by atoms with Gasteiger partial charge in [0, 0.05) is 36.0 Å². The average Bonchev–Trinajstić information content (AvgIpc) is 3.23. The first kappa shape index (κ1) is 15.4. The van der Waals surface area contributed by atoms with Gasteiger partial charge < -0.3 is 19.7 Å². The molecule has 0 saturated heterocycles. The highest BCUT2D eigenvalue weighted by Crippen LogP contribution is 2.24. The Morgan fingerprint density at radius 2 is 1.16 bits per heavy atom. The monoisotopic (exact) mass is 330 g/mol. The van der Waals surface area contributed by atoms with E-state index in [-0.39, 0.29) is 0 Å². The number of fused-ring (bicyclic) bond motifs is 2. The van der Waals surface area contributed by atoms with Gasteiger partial charge in [0.05, 0.1) is 0 Å². The van der Waals surface area contributed by atoms with Crippen LogP contribution in [0.5, 0.6) is 0 Å². The van der Waals surface area contributed by atoms with Crippen LogP contribution in [0.1, 0.15) is 29.1 Å². The molecule has 4 nitrogen and oxygen atoms in total. The number of rotatable bonds is 6. The average molecular weight is 330 g/mol. The molecule has 124 valence electrons. The quantitative estimate of drug-likeness (QED) is 0.468. The van der Waals surface area contributed by atoms with Crippen molar-refractivity contribution in [3.05, 3.63) is 71.2 Å². The molecule has 4 aromatic rings. The highest BCUT2D eigenvalue weighted by atomic mass is 16.3. The zero-order valence-electron chi connectivity index (χ0n) is 13.7. The molecule has 0 atom stereocenters. The molecular formula is C21H18N2O2. The predicted molar refractivity (Wildman–Crippen MR) is 100 cm³/mol. The number of hydrogen-bond donors (Lipinski definition) is 2. The van der Waals surface area contributed by atoms with E-state index in [1.807, 2.05) is 36.4 Å². The van der Waals surface area contributed by atoms with Gasteiger partial charge in [-0.3, -0.25) is 0 Å². The molecule has 4 rings (SSSR count). The zero-order chi connectivity index (χ0) is 17.2. The number of nitrogens with one attached hydrogen (secondary N) is 2. The van der Waals surface area contributed by atoms with Gasteiger partial charge in [-0.1, -0.05) is 0 Å². The van der Waals surface area contributed by atoms with Crippen molar-refractivity contribution in [2.75, 3.05) is 0 Å². The predicted octanol–water partition coefficient (Wildman–Crippen LogP) is 5.35. The maximum absolute atomic E-state index is 7.32. The number of aryl methyl sites for hydroxylation is 2. The summed E-state index contributed by atoms with van der Waals surface area (Å²) in [7, 11) is 0. The van der Waals surface area contributed by atoms with Gasteiger partial charge in [-0.2, -0.15) is 0 Å². The maximum Gasteiger partial charge on any atom is 0.134 e. The Labute approximate surface area is 145 Å². The summed E-state index contributed by atoms with van der Waals surface area (Å²) in [5.41, 5.74) is 3.49. The SMILES string of the molecule is N=Cc1ccc2oc(CCCc3cc4cc(C=N)ccc4o3)cc2c1. The molecule has 0 saturated carbocycles. The summed E-state index contributed by atoms with van der Waals surface area (Å²) in [6.45, 7) is 0. The molecular weight excluding hydrogens is 312 g/mol. The van der Waals surface area contributed by atoms with Crippen LogP contribution in [0.4, 0.5) is 0 Å². The van der Waals surface area contributed by atoms with E-state index in [9.17, 15) is 0 Å². The van der Waals surface area contributed by atoms with Crippen molar-refractivity contribution in [2.45, 2.75) is 19.3 Å². The van der Waals surface area contributed by atoms with Gasteiger partial charge in [0.1, 0.15) is 22.7 Å². The van der Waals surface area contributed by atoms with E-state index in [1.165, 1.54) is 12.4 Å². The molecule has 0 unspecified atom stereocenters. The van der Waals surface area contributed by atoms with Crippen molar-refractivity contribution in [3.8, 4) is 0 Å². The molecule has 25 heavy (non-hydrogen) atoms. The van der Waals surface area contributed by atoms with Gasteiger partial charge in [-0.25, -0.2) is 0 Å². The lowest BCUT2D eigenvalue weighted by molar-refractivity contribution is 0.510. The van der Waals surface area contributed by atoms with E-state index in [2.05, 4.69) is 12.1 Å². The minimum absolute atomic E-state index is 0.845. The summed E-state index contributed by atoms with van der Waals surface area (Å²) in [6, 6.07) is 15.7. The molecule has 0 fully saturated rings. The first-order valence-electron chi connectivity index (χ1n) is 8.31. The van der Waals surface area contributed by atoms with E-state index in [0.717, 1.165) is 63.8 Å². The van der Waals surface area contributed by atoms with E-state index < -0.39 is 0 Å². The summed E-state index contributed by atoms with van der Waals surface area (Å²) in [4.78, 5) is 0. The van der Waals surface area contributed by atoms with Crippen molar-refractivity contribution >= 4 is 34.4 Å². The molecule has 0 amide bonds. The van der Waals surface area contributed by atoms with Crippen molar-refractivity contribution < 1.29 is 8.83 Å². The first-order chi connectivity index (χ1) is 12.2. The largest absolute Gasteiger partial charge is 0.461 e. The van der Waals surface area contributed by atoms with Crippen LogP contribution in [-0.4, -0.2) is 12.4 Å². The lowest BCUT2D eigenvalue weighted by Gasteiger charge is -1.95. The van der Waals surface area contributed by atoms with E-state index in [4.69, 9.17) is 19.7 Å². The summed E-state index contributed by atoms with van der Waals surface area (Å²) < 4.78 is 11.7. The molecule has 0 aliphatic rings. The first-order valence-corrected chi connectivity index (χ1v) is 8.31. The van der Waals surface area contributed by atoms with E-state index in [0.29, 0.717) is 0 Å². The van der Waals surface area contributed by atoms with Crippen LogP contribution in [0.2, 0.25) is 0 Å². The van der Waals surface area contributed by atoms with Gasteiger partial charge in [-0.05, 0) is 66.1 Å². The third-order valence-electron chi connectivity index (χ3n) is 4.36. The lowest BCUT2D eigenvalue weighted by Crippen LogP contribution is -1.86. The van der Waals surface area contributed by atoms with Crippen LogP contribution in [-0.2, 0) is 12.8 Å². The number of hydrogen-bond acceptors (Lipinski definition) is 4. The van der Waals surface area contributed by atoms with Crippen molar-refractivity contribution in [1.82, 2.24) is 0 Å². The van der Waals surface area contributed by atoms with Crippen LogP contribution in [0.3, 0.4) is 0 Å². The molecule has 0 radical (unpaired) electrons. The smallest absolute Gasteiger partial charge is 0.134 e. The topological polar surface area (TPSA) is 74.0 Å². The van der Waals surface area contributed by atoms with Gasteiger partial charge in [0.25, 0.3) is 0 Å². The second kappa shape index (κ2) is 6.40. The van der Waals surface area contributed by atoms with Gasteiger partial charge in [0.15, 0.2) is 0 Å². The second-order valence-corrected chi connectivity index (χ2v) is 6.16. The van der Waals surface area contributed by atoms with Crippen LogP contribution in [0.25, 0.3) is 21.9 Å². The summed E-state index contributed by atoms with van der Waals surface area (Å²) in [5.74, 6) is 1.92. The molecule has 2 heterocycles. The normalized spacial score (nSPS) is 11.2. The summed E-state index contributed by atoms with van der Waals surface area (Å²) in [6.07, 6.45) is 5.32. The second-order valence-electron chi connectivity index (χ2n) is 6.16. The Hall–Kier alpha value is -3.14. The Morgan fingerprint density at radius 1 is 0.680 bits per heavy atom. The minimum Gasteiger partial charge on any atom is -0.461 e. The molecule has 0 bridgehead atoms. The molecule has 2 aromatic carbocycles. The molecule has 4 heteroatoms. The maximum atomic E-state index is 7.32. The standard InChI is InChI=1S/C21H18N2O2/c22-12-14-4-6-20-16(8-14)10-18(24-20)2-1-3-19-11-17-9-15(13-23)5-7-21(17)25-19/h4-13,22-23H,1-3H2. The van der Waals surface area contributed by atoms with Crippen molar-refractivity contribution in [3.63, 3.8) is 0 Å². The highest BCUT2D eigenvalue weighted by Gasteiger charge is 2.07. The van der Waals surface area contributed by atoms with Gasteiger partial charge >= 0.3 is 0 Å². The van der Waals surface area contributed by atoms with Gasteiger partial charge in [0.2, 0.25) is 0 Å². The number of benzene rings is 2. The molecule has 0 aliphatic heterocycles. The van der Waals surface area contributed by atoms with Crippen molar-refractivity contribution in [1.29, 1.82) is 10.8 Å². The molecule has 2 N–H and O–H groups in total. The lowest BCUT2D eigenvalue weighted by atomic mass is 10.1. The summed E-state index contributed by atoms with van der Waals surface area (Å²) in [5, 5.41) is 16.7. The molecule has 0 aliphatic carbocycles. The fourth-order valence-electron chi connectivity index (χ4n) is 3.10. The molecule has 2 aromatic heterocycles. The number of furan rings is 2. The zero-order valence-corrected chi connectivity index (χ0v) is 13.7. The third-order valence-corrected chi connectivity index (χ3v) is 4.36. The Bertz CT molecular complexity index is 986. The minimum atomic E-state index is 0.845. The van der Waals surface area contributed by atoms with Crippen LogP contribution < -0.4 is 0 Å². The van der Waals surface area contributed by atoms with Crippen molar-refractivity contribution in [2.24, 2.45) is 0 Å². The van der Waals surface area contributed by atoms with Crippen LogP contribution in [0.15, 0.2) is 57.4 Å². The third kappa shape index (κ3) is 3.11. The molecule has 0 spiro atoms. The van der Waals surface area contributed by atoms with Crippen LogP contribution >= 0.6 is 0 Å². The highest BCUT2D eigenvalue weighted by molar-refractivity contribution is 5.88. The Kier molecular flexibility index (Phi) is 3.94. The van der Waals surface area contributed by atoms with Gasteiger partial charge in [-0.15, -0.1) is 0 Å². The Balaban J connectivity index is 1.45. The van der Waals surface area contributed by atoms with Crippen LogP contribution in [0, 0.1) is 10.8 Å². The Morgan fingerprint density at radius 3 is 1.60 bits per heavy atom.